The van der Waals surface area contributed by atoms with Crippen LogP contribution in [0.15, 0.2) is 54.3 Å². The van der Waals surface area contributed by atoms with Crippen LogP contribution in [0.2, 0.25) is 0 Å². The van der Waals surface area contributed by atoms with Gasteiger partial charge in [0.2, 0.25) is 5.91 Å². The molecule has 2 N–H and O–H groups in total. The molecule has 8 heteroatoms. The van der Waals surface area contributed by atoms with Crippen LogP contribution in [0.5, 0.6) is 0 Å². The molecule has 154 valence electrons. The third-order valence-electron chi connectivity index (χ3n) is 3.56. The molecule has 0 aliphatic carbocycles. The normalized spacial score (nSPS) is 12.2. The number of hydrogen-bond donors (Lipinski definition) is 2. The van der Waals surface area contributed by atoms with E-state index in [1.165, 1.54) is 27.2 Å². The molecule has 0 heterocycles. The summed E-state index contributed by atoms with van der Waals surface area (Å²) in [6, 6.07) is 7.71. The summed E-state index contributed by atoms with van der Waals surface area (Å²) in [5, 5.41) is 5.01. The quantitative estimate of drug-likeness (QED) is 0.378. The van der Waals surface area contributed by atoms with Gasteiger partial charge in [-0.05, 0) is 31.1 Å². The van der Waals surface area contributed by atoms with Crippen LogP contribution in [0.3, 0.4) is 0 Å². The fourth-order valence-electron chi connectivity index (χ4n) is 2.21. The first-order valence-electron chi connectivity index (χ1n) is 8.55. The molecule has 8 nitrogen and oxygen atoms in total. The van der Waals surface area contributed by atoms with Crippen LogP contribution in [-0.2, 0) is 23.9 Å². The van der Waals surface area contributed by atoms with E-state index in [2.05, 4.69) is 15.4 Å². The molecule has 0 spiro atoms. The minimum atomic E-state index is -0.818. The fraction of sp³-hybridized carbons (Fsp3) is 0.300. The van der Waals surface area contributed by atoms with Crippen molar-refractivity contribution < 1.29 is 31.5 Å². The molecule has 28 heavy (non-hydrogen) atoms. The first-order valence-corrected chi connectivity index (χ1v) is 8.55. The number of ether oxygens (including phenoxy) is 2. The molecule has 1 rings (SSSR count). The van der Waals surface area contributed by atoms with Gasteiger partial charge in [0, 0.05) is 15.3 Å². The molecule has 0 radical (unpaired) electrons. The van der Waals surface area contributed by atoms with Crippen LogP contribution in [0.1, 0.15) is 33.0 Å². The van der Waals surface area contributed by atoms with E-state index < -0.39 is 23.9 Å². The highest BCUT2D eigenvalue weighted by Gasteiger charge is 2.21. The van der Waals surface area contributed by atoms with Crippen molar-refractivity contribution in [3.8, 4) is 0 Å². The van der Waals surface area contributed by atoms with E-state index in [1.54, 1.807) is 42.5 Å². The van der Waals surface area contributed by atoms with Gasteiger partial charge in [0.05, 0.1) is 14.2 Å². The Morgan fingerprint density at radius 2 is 1.79 bits per heavy atom. The Bertz CT molecular complexity index is 766. The Hall–Kier alpha value is -3.42. The lowest BCUT2D eigenvalue weighted by Crippen LogP contribution is -2.41. The summed E-state index contributed by atoms with van der Waals surface area (Å²) in [5.41, 5.74) is 0.432. The molecule has 1 atom stereocenters. The summed E-state index contributed by atoms with van der Waals surface area (Å²) in [6.07, 6.45) is 5.34. The molecule has 0 aromatic heterocycles. The van der Waals surface area contributed by atoms with Crippen LogP contribution >= 0.6 is 0 Å². The van der Waals surface area contributed by atoms with E-state index >= 15 is 0 Å². The molecule has 0 bridgehead atoms. The Labute approximate surface area is 166 Å². The minimum Gasteiger partial charge on any atom is -0.467 e. The minimum absolute atomic E-state index is 0. The van der Waals surface area contributed by atoms with E-state index in [1.807, 2.05) is 0 Å². The number of carbonyl (C=O) groups excluding carboxylic acids is 4. The highest BCUT2D eigenvalue weighted by molar-refractivity contribution is 5.96. The van der Waals surface area contributed by atoms with Crippen molar-refractivity contribution in [1.82, 2.24) is 10.6 Å². The third kappa shape index (κ3) is 7.86. The van der Waals surface area contributed by atoms with Crippen LogP contribution in [-0.4, -0.2) is 44.0 Å². The first-order chi connectivity index (χ1) is 13.4. The molecule has 0 saturated heterocycles. The predicted molar refractivity (Wildman–Crippen MR) is 106 cm³/mol. The van der Waals surface area contributed by atoms with Crippen molar-refractivity contribution in [2.24, 2.45) is 0 Å². The van der Waals surface area contributed by atoms with Gasteiger partial charge in [0.15, 0.2) is 0 Å². The van der Waals surface area contributed by atoms with Crippen molar-refractivity contribution in [3.63, 3.8) is 0 Å². The van der Waals surface area contributed by atoms with E-state index in [-0.39, 0.29) is 14.5 Å². The van der Waals surface area contributed by atoms with Gasteiger partial charge < -0.3 is 20.1 Å². The number of amides is 2. The summed E-state index contributed by atoms with van der Waals surface area (Å²) in [4.78, 5) is 46.8. The second kappa shape index (κ2) is 12.1. The third-order valence-corrected chi connectivity index (χ3v) is 3.56. The first kappa shape index (κ1) is 22.6. The number of allylic oxidation sites excluding steroid dienone is 3. The summed E-state index contributed by atoms with van der Waals surface area (Å²) < 4.78 is 9.31. The second-order valence-electron chi connectivity index (χ2n) is 5.67. The number of rotatable bonds is 9. The van der Waals surface area contributed by atoms with E-state index in [0.717, 1.165) is 0 Å². The number of benzene rings is 1. The Balaban J connectivity index is 0. The number of esters is 2. The average Bonchev–Trinajstić information content (AvgIpc) is 2.70. The topological polar surface area (TPSA) is 111 Å². The number of methoxy groups -OCH3 is 2. The monoisotopic (exact) mass is 392 g/mol. The molecular formula is C20H28N2O6. The zero-order valence-corrected chi connectivity index (χ0v) is 16.1. The maximum Gasteiger partial charge on any atom is 0.354 e. The predicted octanol–water partition coefficient (Wildman–Crippen LogP) is 1.98. The number of carbonyl (C=O) groups is 4. The molecule has 0 fully saturated rings. The smallest absolute Gasteiger partial charge is 0.354 e. The largest absolute Gasteiger partial charge is 0.467 e. The number of nitrogens with one attached hydrogen (secondary N) is 2. The lowest BCUT2D eigenvalue weighted by molar-refractivity contribution is -0.143. The van der Waals surface area contributed by atoms with E-state index in [9.17, 15) is 19.2 Å². The van der Waals surface area contributed by atoms with Crippen LogP contribution < -0.4 is 10.6 Å². The second-order valence-corrected chi connectivity index (χ2v) is 5.67. The van der Waals surface area contributed by atoms with Gasteiger partial charge in [-0.2, -0.15) is 0 Å². The van der Waals surface area contributed by atoms with Gasteiger partial charge in [0.1, 0.15) is 11.7 Å². The Morgan fingerprint density at radius 1 is 1.11 bits per heavy atom. The molecule has 1 aromatic rings. The number of hydrogen-bond acceptors (Lipinski definition) is 6. The SMILES string of the molecule is COC(=O)/C(=C/C=C/CC[C@H](NC(=O)c1ccccc1)C(=O)OC)NC(C)=O.[HH].[HH]. The van der Waals surface area contributed by atoms with Crippen molar-refractivity contribution in [1.29, 1.82) is 0 Å². The zero-order chi connectivity index (χ0) is 20.9. The summed E-state index contributed by atoms with van der Waals surface area (Å²) in [5.74, 6) is -2.01. The van der Waals surface area contributed by atoms with Gasteiger partial charge in [-0.3, -0.25) is 9.59 Å². The summed E-state index contributed by atoms with van der Waals surface area (Å²) >= 11 is 0. The lowest BCUT2D eigenvalue weighted by atomic mass is 10.1. The van der Waals surface area contributed by atoms with Crippen molar-refractivity contribution in [2.75, 3.05) is 14.2 Å². The maximum atomic E-state index is 12.2. The lowest BCUT2D eigenvalue weighted by Gasteiger charge is -2.15. The molecule has 0 unspecified atom stereocenters. The molecule has 0 aliphatic rings. The Kier molecular flexibility index (Phi) is 9.74. The average molecular weight is 392 g/mol. The molecular weight excluding hydrogens is 364 g/mol. The van der Waals surface area contributed by atoms with Crippen LogP contribution in [0.4, 0.5) is 0 Å². The van der Waals surface area contributed by atoms with E-state index in [4.69, 9.17) is 4.74 Å². The molecule has 0 saturated carbocycles. The van der Waals surface area contributed by atoms with Crippen LogP contribution in [0, 0.1) is 0 Å². The van der Waals surface area contributed by atoms with Crippen molar-refractivity contribution in [2.45, 2.75) is 25.8 Å². The van der Waals surface area contributed by atoms with Gasteiger partial charge in [0.25, 0.3) is 5.91 Å². The maximum absolute atomic E-state index is 12.2. The molecule has 0 aliphatic heterocycles. The summed E-state index contributed by atoms with van der Waals surface area (Å²) in [7, 11) is 2.46. The highest BCUT2D eigenvalue weighted by atomic mass is 16.5. The molecule has 1 aromatic carbocycles. The van der Waals surface area contributed by atoms with Gasteiger partial charge in [-0.15, -0.1) is 0 Å². The summed E-state index contributed by atoms with van der Waals surface area (Å²) in [6.45, 7) is 1.27. The molecule has 2 amide bonds. The van der Waals surface area contributed by atoms with Crippen molar-refractivity contribution in [3.05, 3.63) is 59.8 Å². The van der Waals surface area contributed by atoms with Crippen molar-refractivity contribution >= 4 is 23.8 Å². The van der Waals surface area contributed by atoms with E-state index in [0.29, 0.717) is 18.4 Å². The zero-order valence-electron chi connectivity index (χ0n) is 16.1. The van der Waals surface area contributed by atoms with Gasteiger partial charge in [-0.25, -0.2) is 9.59 Å². The Morgan fingerprint density at radius 3 is 2.36 bits per heavy atom. The van der Waals surface area contributed by atoms with Gasteiger partial charge >= 0.3 is 11.9 Å². The standard InChI is InChI=1S/C20H24N2O6.2H2/c1-14(23)21-16(19(25)27-2)12-8-5-9-13-17(20(26)28-3)22-18(24)15-10-6-4-7-11-15;;/h4-8,10-12,17H,9,13H2,1-3H3,(H,21,23)(H,22,24);2*1H/b8-5+,16-12-;;/t17-;;/m0../s1. The fourth-order valence-corrected chi connectivity index (χ4v) is 2.21. The highest BCUT2D eigenvalue weighted by Crippen LogP contribution is 2.05. The van der Waals surface area contributed by atoms with Crippen LogP contribution in [0.25, 0.3) is 0 Å². The van der Waals surface area contributed by atoms with Gasteiger partial charge in [-0.1, -0.05) is 30.4 Å².